The number of hydrogen-bond donors (Lipinski definition) is 1. The van der Waals surface area contributed by atoms with Crippen molar-refractivity contribution in [2.45, 2.75) is 103 Å². The SMILES string of the molecule is CC(C)CCCCCCNC1CCOC2(CCCCC2)C1. The highest BCUT2D eigenvalue weighted by atomic mass is 16.5. The molecule has 1 aliphatic heterocycles. The Morgan fingerprint density at radius 3 is 2.57 bits per heavy atom. The molecular formula is C19H37NO. The maximum Gasteiger partial charge on any atom is 0.0697 e. The maximum absolute atomic E-state index is 6.18. The van der Waals surface area contributed by atoms with E-state index >= 15 is 0 Å². The molecule has 1 saturated carbocycles. The summed E-state index contributed by atoms with van der Waals surface area (Å²) >= 11 is 0. The van der Waals surface area contributed by atoms with Crippen LogP contribution in [-0.4, -0.2) is 24.8 Å². The predicted molar refractivity (Wildman–Crippen MR) is 90.7 cm³/mol. The molecule has 1 spiro atoms. The maximum atomic E-state index is 6.18. The molecule has 1 atom stereocenters. The molecule has 0 aromatic rings. The second kappa shape index (κ2) is 9.15. The van der Waals surface area contributed by atoms with E-state index in [9.17, 15) is 0 Å². The van der Waals surface area contributed by atoms with Gasteiger partial charge in [0.05, 0.1) is 5.60 Å². The molecule has 2 rings (SSSR count). The van der Waals surface area contributed by atoms with E-state index in [1.807, 2.05) is 0 Å². The highest BCUT2D eigenvalue weighted by molar-refractivity contribution is 4.91. The van der Waals surface area contributed by atoms with Gasteiger partial charge in [0.25, 0.3) is 0 Å². The molecule has 1 N–H and O–H groups in total. The first-order valence-electron chi connectivity index (χ1n) is 9.58. The van der Waals surface area contributed by atoms with Crippen molar-refractivity contribution in [2.75, 3.05) is 13.2 Å². The summed E-state index contributed by atoms with van der Waals surface area (Å²) < 4.78 is 6.18. The van der Waals surface area contributed by atoms with E-state index in [1.165, 1.54) is 83.6 Å². The number of nitrogens with one attached hydrogen (secondary N) is 1. The number of ether oxygens (including phenoxy) is 1. The standard InChI is InChI=1S/C19H37NO/c1-17(2)10-6-3-4-9-14-20-18-11-15-21-19(16-18)12-7-5-8-13-19/h17-18,20H,3-16H2,1-2H3. The van der Waals surface area contributed by atoms with E-state index in [1.54, 1.807) is 0 Å². The third-order valence-electron chi connectivity index (χ3n) is 5.40. The molecule has 124 valence electrons. The van der Waals surface area contributed by atoms with E-state index in [-0.39, 0.29) is 5.60 Å². The van der Waals surface area contributed by atoms with Crippen molar-refractivity contribution in [1.29, 1.82) is 0 Å². The van der Waals surface area contributed by atoms with Gasteiger partial charge < -0.3 is 10.1 Å². The van der Waals surface area contributed by atoms with Crippen LogP contribution in [0.3, 0.4) is 0 Å². The normalized spacial score (nSPS) is 25.6. The van der Waals surface area contributed by atoms with E-state index in [4.69, 9.17) is 4.74 Å². The fourth-order valence-electron chi connectivity index (χ4n) is 4.08. The summed E-state index contributed by atoms with van der Waals surface area (Å²) in [5.41, 5.74) is 0.255. The molecule has 2 heteroatoms. The number of unbranched alkanes of at least 4 members (excludes halogenated alkanes) is 3. The smallest absolute Gasteiger partial charge is 0.0697 e. The van der Waals surface area contributed by atoms with Gasteiger partial charge in [-0.25, -0.2) is 0 Å². The monoisotopic (exact) mass is 295 g/mol. The third-order valence-corrected chi connectivity index (χ3v) is 5.40. The van der Waals surface area contributed by atoms with E-state index in [0.29, 0.717) is 6.04 Å². The minimum absolute atomic E-state index is 0.255. The Morgan fingerprint density at radius 2 is 1.81 bits per heavy atom. The predicted octanol–water partition coefficient (Wildman–Crippen LogP) is 5.06. The zero-order valence-corrected chi connectivity index (χ0v) is 14.5. The lowest BCUT2D eigenvalue weighted by molar-refractivity contribution is -0.109. The van der Waals surface area contributed by atoms with Crippen LogP contribution in [0.4, 0.5) is 0 Å². The average molecular weight is 296 g/mol. The van der Waals surface area contributed by atoms with Crippen molar-refractivity contribution in [3.05, 3.63) is 0 Å². The second-order valence-electron chi connectivity index (χ2n) is 7.83. The van der Waals surface area contributed by atoms with Gasteiger partial charge in [-0.1, -0.05) is 58.8 Å². The molecule has 2 fully saturated rings. The second-order valence-corrected chi connectivity index (χ2v) is 7.83. The van der Waals surface area contributed by atoms with Crippen LogP contribution >= 0.6 is 0 Å². The zero-order valence-electron chi connectivity index (χ0n) is 14.5. The molecular weight excluding hydrogens is 258 g/mol. The van der Waals surface area contributed by atoms with Crippen molar-refractivity contribution in [1.82, 2.24) is 5.32 Å². The zero-order chi connectivity index (χ0) is 15.0. The lowest BCUT2D eigenvalue weighted by Crippen LogP contribution is -2.48. The molecule has 0 amide bonds. The minimum atomic E-state index is 0.255. The van der Waals surface area contributed by atoms with Crippen LogP contribution in [-0.2, 0) is 4.74 Å². The quantitative estimate of drug-likeness (QED) is 0.632. The van der Waals surface area contributed by atoms with Gasteiger partial charge in [-0.15, -0.1) is 0 Å². The molecule has 1 unspecified atom stereocenters. The molecule has 0 aromatic heterocycles. The lowest BCUT2D eigenvalue weighted by atomic mass is 9.78. The molecule has 1 saturated heterocycles. The summed E-state index contributed by atoms with van der Waals surface area (Å²) in [4.78, 5) is 0. The van der Waals surface area contributed by atoms with E-state index in [2.05, 4.69) is 19.2 Å². The first-order chi connectivity index (χ1) is 10.2. The largest absolute Gasteiger partial charge is 0.375 e. The molecule has 0 bridgehead atoms. The highest BCUT2D eigenvalue weighted by Gasteiger charge is 2.38. The minimum Gasteiger partial charge on any atom is -0.375 e. The molecule has 1 aliphatic carbocycles. The van der Waals surface area contributed by atoms with Gasteiger partial charge in [0.2, 0.25) is 0 Å². The van der Waals surface area contributed by atoms with Crippen molar-refractivity contribution < 1.29 is 4.74 Å². The third kappa shape index (κ3) is 6.28. The molecule has 2 nitrogen and oxygen atoms in total. The molecule has 2 aliphatic rings. The van der Waals surface area contributed by atoms with Crippen molar-refractivity contribution in [3.63, 3.8) is 0 Å². The Kier molecular flexibility index (Phi) is 7.53. The van der Waals surface area contributed by atoms with Crippen LogP contribution in [0.15, 0.2) is 0 Å². The Bertz CT molecular complexity index is 265. The fourth-order valence-corrected chi connectivity index (χ4v) is 4.08. The van der Waals surface area contributed by atoms with Gasteiger partial charge in [-0.2, -0.15) is 0 Å². The Morgan fingerprint density at radius 1 is 1.05 bits per heavy atom. The summed E-state index contributed by atoms with van der Waals surface area (Å²) in [7, 11) is 0. The molecule has 1 heterocycles. The van der Waals surface area contributed by atoms with Gasteiger partial charge in [0, 0.05) is 12.6 Å². The molecule has 0 aromatic carbocycles. The van der Waals surface area contributed by atoms with Gasteiger partial charge in [-0.3, -0.25) is 0 Å². The van der Waals surface area contributed by atoms with Gasteiger partial charge >= 0.3 is 0 Å². The van der Waals surface area contributed by atoms with E-state index < -0.39 is 0 Å². The summed E-state index contributed by atoms with van der Waals surface area (Å²) in [6, 6.07) is 0.715. The topological polar surface area (TPSA) is 21.3 Å². The number of hydrogen-bond acceptors (Lipinski definition) is 2. The molecule has 21 heavy (non-hydrogen) atoms. The van der Waals surface area contributed by atoms with Crippen molar-refractivity contribution in [3.8, 4) is 0 Å². The van der Waals surface area contributed by atoms with Gasteiger partial charge in [0.15, 0.2) is 0 Å². The van der Waals surface area contributed by atoms with E-state index in [0.717, 1.165) is 12.5 Å². The van der Waals surface area contributed by atoms with Gasteiger partial charge in [-0.05, 0) is 44.6 Å². The first-order valence-corrected chi connectivity index (χ1v) is 9.58. The van der Waals surface area contributed by atoms with Crippen LogP contribution in [0.25, 0.3) is 0 Å². The first kappa shape index (κ1) is 17.3. The van der Waals surface area contributed by atoms with Crippen LogP contribution in [0, 0.1) is 5.92 Å². The van der Waals surface area contributed by atoms with Gasteiger partial charge in [0.1, 0.15) is 0 Å². The average Bonchev–Trinajstić information content (AvgIpc) is 2.47. The lowest BCUT2D eigenvalue weighted by Gasteiger charge is -2.43. The summed E-state index contributed by atoms with van der Waals surface area (Å²) in [6.45, 7) is 6.84. The summed E-state index contributed by atoms with van der Waals surface area (Å²) in [6.07, 6.45) is 16.2. The highest BCUT2D eigenvalue weighted by Crippen LogP contribution is 2.38. The summed E-state index contributed by atoms with van der Waals surface area (Å²) in [5.74, 6) is 0.872. The Balaban J connectivity index is 1.54. The summed E-state index contributed by atoms with van der Waals surface area (Å²) in [5, 5.41) is 3.81. The van der Waals surface area contributed by atoms with Crippen LogP contribution in [0.5, 0.6) is 0 Å². The van der Waals surface area contributed by atoms with Crippen LogP contribution in [0.1, 0.15) is 90.9 Å². The Hall–Kier alpha value is -0.0800. The van der Waals surface area contributed by atoms with Crippen molar-refractivity contribution >= 4 is 0 Å². The fraction of sp³-hybridized carbons (Fsp3) is 1.00. The van der Waals surface area contributed by atoms with Crippen LogP contribution < -0.4 is 5.32 Å². The molecule has 0 radical (unpaired) electrons. The number of rotatable bonds is 8. The van der Waals surface area contributed by atoms with Crippen LogP contribution in [0.2, 0.25) is 0 Å². The van der Waals surface area contributed by atoms with Crippen molar-refractivity contribution in [2.24, 2.45) is 5.92 Å². The Labute approximate surface area is 132 Å².